The van der Waals surface area contributed by atoms with E-state index in [1.165, 1.54) is 0 Å². The quantitative estimate of drug-likeness (QED) is 0.537. The van der Waals surface area contributed by atoms with Gasteiger partial charge in [0.15, 0.2) is 5.96 Å². The molecule has 142 valence electrons. The van der Waals surface area contributed by atoms with Crippen LogP contribution in [0.5, 0.6) is 0 Å². The summed E-state index contributed by atoms with van der Waals surface area (Å²) in [5.74, 6) is 0.242. The number of hydrogen-bond donors (Lipinski definition) is 3. The predicted molar refractivity (Wildman–Crippen MR) is 99.9 cm³/mol. The fraction of sp³-hybridized carbons (Fsp3) is 0.500. The second kappa shape index (κ2) is 9.65. The van der Waals surface area contributed by atoms with E-state index >= 15 is 0 Å². The molecule has 1 aliphatic heterocycles. The molecule has 0 aromatic heterocycles. The molecule has 26 heavy (non-hydrogen) atoms. The fourth-order valence-corrected chi connectivity index (χ4v) is 2.83. The minimum absolute atomic E-state index is 0.240. The number of amides is 2. The van der Waals surface area contributed by atoms with Gasteiger partial charge in [0.2, 0.25) is 5.91 Å². The van der Waals surface area contributed by atoms with Gasteiger partial charge in [-0.15, -0.1) is 0 Å². The van der Waals surface area contributed by atoms with Crippen LogP contribution in [0.2, 0.25) is 0 Å². The maximum Gasteiger partial charge on any atom is 0.409 e. The molecule has 1 aliphatic rings. The molecule has 4 N–H and O–H groups in total. The summed E-state index contributed by atoms with van der Waals surface area (Å²) in [6.07, 6.45) is 1.41. The molecule has 2 amide bonds. The molecule has 1 aromatic rings. The Morgan fingerprint density at radius 3 is 2.69 bits per heavy atom. The first kappa shape index (κ1) is 19.6. The zero-order valence-electron chi connectivity index (χ0n) is 15.3. The lowest BCUT2D eigenvalue weighted by Crippen LogP contribution is -2.49. The number of carbonyl (C=O) groups excluding carboxylic acids is 2. The van der Waals surface area contributed by atoms with Crippen LogP contribution in [0.25, 0.3) is 0 Å². The molecule has 8 nitrogen and oxygen atoms in total. The van der Waals surface area contributed by atoms with Crippen LogP contribution in [0.4, 0.5) is 4.79 Å². The summed E-state index contributed by atoms with van der Waals surface area (Å²) in [5, 5.41) is 6.61. The van der Waals surface area contributed by atoms with Gasteiger partial charge in [0.25, 0.3) is 0 Å². The van der Waals surface area contributed by atoms with Crippen molar-refractivity contribution >= 4 is 18.0 Å². The Morgan fingerprint density at radius 1 is 1.35 bits per heavy atom. The normalized spacial score (nSPS) is 15.5. The highest BCUT2D eigenvalue weighted by Gasteiger charge is 2.23. The van der Waals surface area contributed by atoms with Crippen LogP contribution in [0.3, 0.4) is 0 Å². The standard InChI is InChI=1S/C18H27N5O3/c1-3-26-18(25)23-9-7-15(8-10-23)22-17(20-2)21-12-13-5-4-6-14(11-13)16(19)24/h4-6,11,15H,3,7-10,12H2,1-2H3,(H2,19,24)(H2,20,21,22). The molecule has 2 rings (SSSR count). The lowest BCUT2D eigenvalue weighted by atomic mass is 10.1. The van der Waals surface area contributed by atoms with Crippen LogP contribution >= 0.6 is 0 Å². The second-order valence-corrected chi connectivity index (χ2v) is 6.09. The maximum absolute atomic E-state index is 11.7. The number of primary amides is 1. The molecule has 8 heteroatoms. The summed E-state index contributed by atoms with van der Waals surface area (Å²) in [5.41, 5.74) is 6.74. The van der Waals surface area contributed by atoms with E-state index in [2.05, 4.69) is 15.6 Å². The first-order chi connectivity index (χ1) is 12.5. The van der Waals surface area contributed by atoms with Gasteiger partial charge in [-0.1, -0.05) is 12.1 Å². The van der Waals surface area contributed by atoms with Crippen molar-refractivity contribution in [1.29, 1.82) is 0 Å². The molecule has 0 saturated carbocycles. The molecule has 0 atom stereocenters. The van der Waals surface area contributed by atoms with Crippen LogP contribution in [-0.4, -0.2) is 55.6 Å². The molecule has 1 saturated heterocycles. The molecule has 0 bridgehead atoms. The number of guanidine groups is 1. The van der Waals surface area contributed by atoms with E-state index in [9.17, 15) is 9.59 Å². The third-order valence-electron chi connectivity index (χ3n) is 4.26. The molecule has 0 unspecified atom stereocenters. The van der Waals surface area contributed by atoms with E-state index in [-0.39, 0.29) is 12.1 Å². The van der Waals surface area contributed by atoms with Crippen molar-refractivity contribution in [2.75, 3.05) is 26.7 Å². The lowest BCUT2D eigenvalue weighted by molar-refractivity contribution is 0.0961. The Labute approximate surface area is 153 Å². The molecule has 1 fully saturated rings. The van der Waals surface area contributed by atoms with E-state index in [0.717, 1.165) is 18.4 Å². The first-order valence-corrected chi connectivity index (χ1v) is 8.81. The average Bonchev–Trinajstić information content (AvgIpc) is 2.66. The van der Waals surface area contributed by atoms with E-state index in [1.54, 1.807) is 37.1 Å². The second-order valence-electron chi connectivity index (χ2n) is 6.09. The number of benzene rings is 1. The van der Waals surface area contributed by atoms with Crippen LogP contribution < -0.4 is 16.4 Å². The summed E-state index contributed by atoms with van der Waals surface area (Å²) < 4.78 is 5.03. The molecule has 1 aromatic carbocycles. The van der Waals surface area contributed by atoms with Gasteiger partial charge in [-0.3, -0.25) is 9.79 Å². The van der Waals surface area contributed by atoms with Gasteiger partial charge in [-0.25, -0.2) is 4.79 Å². The summed E-state index contributed by atoms with van der Waals surface area (Å²) in [4.78, 5) is 29.0. The molecule has 0 radical (unpaired) electrons. The van der Waals surface area contributed by atoms with Crippen LogP contribution in [0.15, 0.2) is 29.3 Å². The lowest BCUT2D eigenvalue weighted by Gasteiger charge is -2.32. The van der Waals surface area contributed by atoms with Crippen molar-refractivity contribution in [2.45, 2.75) is 32.4 Å². The average molecular weight is 361 g/mol. The van der Waals surface area contributed by atoms with Gasteiger partial charge in [0, 0.05) is 38.3 Å². The summed E-state index contributed by atoms with van der Waals surface area (Å²) in [7, 11) is 1.71. The van der Waals surface area contributed by atoms with Crippen molar-refractivity contribution in [3.05, 3.63) is 35.4 Å². The number of nitrogens with zero attached hydrogens (tertiary/aromatic N) is 2. The molecule has 1 heterocycles. The van der Waals surface area contributed by atoms with Gasteiger partial charge >= 0.3 is 6.09 Å². The number of piperidine rings is 1. The summed E-state index contributed by atoms with van der Waals surface area (Å²) >= 11 is 0. The van der Waals surface area contributed by atoms with Crippen molar-refractivity contribution in [1.82, 2.24) is 15.5 Å². The number of rotatable bonds is 5. The first-order valence-electron chi connectivity index (χ1n) is 8.81. The molecule has 0 spiro atoms. The highest BCUT2D eigenvalue weighted by molar-refractivity contribution is 5.92. The number of nitrogens with two attached hydrogens (primary N) is 1. The maximum atomic E-state index is 11.7. The smallest absolute Gasteiger partial charge is 0.409 e. The van der Waals surface area contributed by atoms with Crippen molar-refractivity contribution in [3.8, 4) is 0 Å². The van der Waals surface area contributed by atoms with Crippen molar-refractivity contribution in [2.24, 2.45) is 10.7 Å². The zero-order valence-corrected chi connectivity index (χ0v) is 15.3. The van der Waals surface area contributed by atoms with Crippen LogP contribution in [-0.2, 0) is 11.3 Å². The minimum atomic E-state index is -0.442. The predicted octanol–water partition coefficient (Wildman–Crippen LogP) is 1.07. The highest BCUT2D eigenvalue weighted by Crippen LogP contribution is 2.11. The van der Waals surface area contributed by atoms with Gasteiger partial charge < -0.3 is 26.0 Å². The number of nitrogens with one attached hydrogen (secondary N) is 2. The summed E-state index contributed by atoms with van der Waals surface area (Å²) in [6, 6.07) is 7.42. The van der Waals surface area contributed by atoms with Gasteiger partial charge in [-0.05, 0) is 37.5 Å². The Balaban J connectivity index is 1.81. The fourth-order valence-electron chi connectivity index (χ4n) is 2.83. The number of aliphatic imine (C=N–C) groups is 1. The third kappa shape index (κ3) is 5.65. The van der Waals surface area contributed by atoms with E-state index in [1.807, 2.05) is 6.07 Å². The Morgan fingerprint density at radius 2 is 2.08 bits per heavy atom. The van der Waals surface area contributed by atoms with E-state index < -0.39 is 5.91 Å². The number of likely N-dealkylation sites (tertiary alicyclic amines) is 1. The zero-order chi connectivity index (χ0) is 18.9. The van der Waals surface area contributed by atoms with Crippen molar-refractivity contribution < 1.29 is 14.3 Å². The van der Waals surface area contributed by atoms with Crippen LogP contribution in [0.1, 0.15) is 35.7 Å². The van der Waals surface area contributed by atoms with E-state index in [4.69, 9.17) is 10.5 Å². The van der Waals surface area contributed by atoms with E-state index in [0.29, 0.717) is 37.8 Å². The SMILES string of the molecule is CCOC(=O)N1CCC(NC(=NC)NCc2cccc(C(N)=O)c2)CC1. The largest absolute Gasteiger partial charge is 0.450 e. The minimum Gasteiger partial charge on any atom is -0.450 e. The number of hydrogen-bond acceptors (Lipinski definition) is 4. The van der Waals surface area contributed by atoms with Crippen molar-refractivity contribution in [3.63, 3.8) is 0 Å². The number of carbonyl (C=O) groups is 2. The van der Waals surface area contributed by atoms with Gasteiger partial charge in [-0.2, -0.15) is 0 Å². The molecular weight excluding hydrogens is 334 g/mol. The topological polar surface area (TPSA) is 109 Å². The number of ether oxygens (including phenoxy) is 1. The highest BCUT2D eigenvalue weighted by atomic mass is 16.6. The third-order valence-corrected chi connectivity index (χ3v) is 4.26. The van der Waals surface area contributed by atoms with Gasteiger partial charge in [0.05, 0.1) is 6.61 Å². The Hall–Kier alpha value is -2.77. The van der Waals surface area contributed by atoms with Gasteiger partial charge in [0.1, 0.15) is 0 Å². The van der Waals surface area contributed by atoms with Crippen LogP contribution in [0, 0.1) is 0 Å². The monoisotopic (exact) mass is 361 g/mol. The molecular formula is C18H27N5O3. The Kier molecular flexibility index (Phi) is 7.25. The Bertz CT molecular complexity index is 654. The molecule has 0 aliphatic carbocycles. The summed E-state index contributed by atoms with van der Waals surface area (Å²) in [6.45, 7) is 4.05.